The molecule has 0 aromatic carbocycles. The molecule has 0 unspecified atom stereocenters. The fraction of sp³-hybridized carbons (Fsp3) is 0.846. The van der Waals surface area contributed by atoms with Crippen LogP contribution in [0, 0.1) is 17.8 Å². The van der Waals surface area contributed by atoms with E-state index in [0.717, 1.165) is 45.2 Å². The third-order valence-electron chi connectivity index (χ3n) is 3.26. The van der Waals surface area contributed by atoms with Gasteiger partial charge in [-0.2, -0.15) is 0 Å². The number of hydrogen-bond acceptors (Lipinski definition) is 2. The summed E-state index contributed by atoms with van der Waals surface area (Å²) in [6, 6.07) is 0. The summed E-state index contributed by atoms with van der Waals surface area (Å²) in [4.78, 5) is 0. The van der Waals surface area contributed by atoms with Gasteiger partial charge in [-0.15, -0.1) is 12.3 Å². The molecule has 2 N–H and O–H groups in total. The SMILES string of the molecule is C#CCCCCNCC(CC)(CC)CO. The van der Waals surface area contributed by atoms with Gasteiger partial charge >= 0.3 is 0 Å². The molecule has 0 rings (SSSR count). The highest BCUT2D eigenvalue weighted by molar-refractivity contribution is 4.83. The summed E-state index contributed by atoms with van der Waals surface area (Å²) in [6.45, 7) is 6.47. The van der Waals surface area contributed by atoms with Gasteiger partial charge in [0.05, 0.1) is 0 Å². The van der Waals surface area contributed by atoms with Crippen molar-refractivity contribution in [2.45, 2.75) is 46.0 Å². The van der Waals surface area contributed by atoms with Crippen molar-refractivity contribution < 1.29 is 5.11 Å². The number of terminal acetylenes is 1. The molecule has 0 saturated heterocycles. The Morgan fingerprint density at radius 3 is 2.40 bits per heavy atom. The molecule has 88 valence electrons. The second kappa shape index (κ2) is 8.76. The molecule has 0 aromatic rings. The summed E-state index contributed by atoms with van der Waals surface area (Å²) in [5.74, 6) is 2.64. The van der Waals surface area contributed by atoms with E-state index in [-0.39, 0.29) is 12.0 Å². The smallest absolute Gasteiger partial charge is 0.0499 e. The molecule has 0 radical (unpaired) electrons. The first kappa shape index (κ1) is 14.5. The van der Waals surface area contributed by atoms with E-state index in [2.05, 4.69) is 25.1 Å². The van der Waals surface area contributed by atoms with Crippen LogP contribution in [0.4, 0.5) is 0 Å². The van der Waals surface area contributed by atoms with Crippen LogP contribution in [-0.4, -0.2) is 24.8 Å². The largest absolute Gasteiger partial charge is 0.396 e. The maximum atomic E-state index is 9.35. The summed E-state index contributed by atoms with van der Waals surface area (Å²) in [6.07, 6.45) is 10.3. The molecule has 0 aliphatic carbocycles. The summed E-state index contributed by atoms with van der Waals surface area (Å²) >= 11 is 0. The van der Waals surface area contributed by atoms with Crippen LogP contribution in [0.15, 0.2) is 0 Å². The second-order valence-electron chi connectivity index (χ2n) is 4.20. The molecule has 0 fully saturated rings. The Balaban J connectivity index is 3.59. The average Bonchev–Trinajstić information content (AvgIpc) is 2.29. The van der Waals surface area contributed by atoms with Gasteiger partial charge in [-0.25, -0.2) is 0 Å². The molecule has 0 heterocycles. The number of rotatable bonds is 9. The Kier molecular flexibility index (Phi) is 8.46. The van der Waals surface area contributed by atoms with Crippen molar-refractivity contribution in [2.24, 2.45) is 5.41 Å². The Morgan fingerprint density at radius 2 is 1.93 bits per heavy atom. The highest BCUT2D eigenvalue weighted by Crippen LogP contribution is 2.24. The van der Waals surface area contributed by atoms with Crippen molar-refractivity contribution >= 4 is 0 Å². The zero-order valence-corrected chi connectivity index (χ0v) is 10.2. The molecular weight excluding hydrogens is 186 g/mol. The predicted octanol–water partition coefficient (Wildman–Crippen LogP) is 2.18. The first-order valence-electron chi connectivity index (χ1n) is 5.99. The van der Waals surface area contributed by atoms with Crippen LogP contribution in [0.3, 0.4) is 0 Å². The summed E-state index contributed by atoms with van der Waals surface area (Å²) < 4.78 is 0. The van der Waals surface area contributed by atoms with Crippen LogP contribution in [0.5, 0.6) is 0 Å². The first-order valence-corrected chi connectivity index (χ1v) is 5.99. The molecule has 2 nitrogen and oxygen atoms in total. The summed E-state index contributed by atoms with van der Waals surface area (Å²) in [5, 5.41) is 12.8. The lowest BCUT2D eigenvalue weighted by Gasteiger charge is -2.29. The first-order chi connectivity index (χ1) is 7.24. The normalized spacial score (nSPS) is 11.3. The summed E-state index contributed by atoms with van der Waals surface area (Å²) in [5.41, 5.74) is 0.0755. The Morgan fingerprint density at radius 1 is 1.27 bits per heavy atom. The number of hydrogen-bond donors (Lipinski definition) is 2. The highest BCUT2D eigenvalue weighted by Gasteiger charge is 2.24. The maximum absolute atomic E-state index is 9.35. The van der Waals surface area contributed by atoms with Gasteiger partial charge in [0, 0.05) is 25.0 Å². The lowest BCUT2D eigenvalue weighted by Crippen LogP contribution is -2.36. The molecule has 15 heavy (non-hydrogen) atoms. The number of unbranched alkanes of at least 4 members (excludes halogenated alkanes) is 2. The molecule has 0 bridgehead atoms. The zero-order chi connectivity index (χ0) is 11.6. The third-order valence-corrected chi connectivity index (χ3v) is 3.26. The molecule has 0 aliphatic heterocycles. The van der Waals surface area contributed by atoms with Crippen molar-refractivity contribution in [2.75, 3.05) is 19.7 Å². The van der Waals surface area contributed by atoms with Crippen molar-refractivity contribution in [3.63, 3.8) is 0 Å². The minimum Gasteiger partial charge on any atom is -0.396 e. The third kappa shape index (κ3) is 5.81. The minimum absolute atomic E-state index is 0.0755. The van der Waals surface area contributed by atoms with Gasteiger partial charge in [-0.3, -0.25) is 0 Å². The van der Waals surface area contributed by atoms with Crippen LogP contribution in [0.1, 0.15) is 46.0 Å². The van der Waals surface area contributed by atoms with Crippen LogP contribution < -0.4 is 5.32 Å². The Hall–Kier alpha value is -0.520. The van der Waals surface area contributed by atoms with Gasteiger partial charge in [0.1, 0.15) is 0 Å². The number of aliphatic hydroxyl groups is 1. The molecule has 0 aromatic heterocycles. The molecule has 0 atom stereocenters. The van der Waals surface area contributed by atoms with Crippen LogP contribution in [0.2, 0.25) is 0 Å². The topological polar surface area (TPSA) is 32.3 Å². The Labute approximate surface area is 94.5 Å². The van der Waals surface area contributed by atoms with Gasteiger partial charge in [-0.05, 0) is 32.2 Å². The summed E-state index contributed by atoms with van der Waals surface area (Å²) in [7, 11) is 0. The molecule has 0 aliphatic rings. The van der Waals surface area contributed by atoms with E-state index in [1.54, 1.807) is 0 Å². The van der Waals surface area contributed by atoms with Crippen LogP contribution in [-0.2, 0) is 0 Å². The minimum atomic E-state index is 0.0755. The van der Waals surface area contributed by atoms with E-state index in [1.165, 1.54) is 0 Å². The van der Waals surface area contributed by atoms with Crippen molar-refractivity contribution in [3.05, 3.63) is 0 Å². The van der Waals surface area contributed by atoms with Crippen molar-refractivity contribution in [1.29, 1.82) is 0 Å². The van der Waals surface area contributed by atoms with Crippen LogP contribution in [0.25, 0.3) is 0 Å². The predicted molar refractivity (Wildman–Crippen MR) is 65.7 cm³/mol. The van der Waals surface area contributed by atoms with E-state index >= 15 is 0 Å². The monoisotopic (exact) mass is 211 g/mol. The highest BCUT2D eigenvalue weighted by atomic mass is 16.3. The number of nitrogens with one attached hydrogen (secondary N) is 1. The van der Waals surface area contributed by atoms with E-state index < -0.39 is 0 Å². The molecule has 0 saturated carbocycles. The fourth-order valence-corrected chi connectivity index (χ4v) is 1.61. The van der Waals surface area contributed by atoms with E-state index in [1.807, 2.05) is 0 Å². The second-order valence-corrected chi connectivity index (χ2v) is 4.20. The van der Waals surface area contributed by atoms with E-state index in [4.69, 9.17) is 6.42 Å². The average molecular weight is 211 g/mol. The van der Waals surface area contributed by atoms with Crippen molar-refractivity contribution in [1.82, 2.24) is 5.32 Å². The van der Waals surface area contributed by atoms with Gasteiger partial charge in [-0.1, -0.05) is 13.8 Å². The lowest BCUT2D eigenvalue weighted by molar-refractivity contribution is 0.113. The lowest BCUT2D eigenvalue weighted by atomic mass is 9.83. The van der Waals surface area contributed by atoms with Crippen molar-refractivity contribution in [3.8, 4) is 12.3 Å². The molecule has 0 amide bonds. The standard InChI is InChI=1S/C13H25NO/c1-4-7-8-9-10-14-11-13(5-2,6-3)12-15/h1,14-15H,5-12H2,2-3H3. The van der Waals surface area contributed by atoms with E-state index in [0.29, 0.717) is 0 Å². The van der Waals surface area contributed by atoms with Gasteiger partial charge in [0.25, 0.3) is 0 Å². The van der Waals surface area contributed by atoms with E-state index in [9.17, 15) is 5.11 Å². The maximum Gasteiger partial charge on any atom is 0.0499 e. The Bertz CT molecular complexity index is 171. The van der Waals surface area contributed by atoms with Gasteiger partial charge in [0.2, 0.25) is 0 Å². The molecule has 0 spiro atoms. The molecular formula is C13H25NO. The van der Waals surface area contributed by atoms with Crippen LogP contribution >= 0.6 is 0 Å². The zero-order valence-electron chi connectivity index (χ0n) is 10.2. The molecule has 2 heteroatoms. The fourth-order valence-electron chi connectivity index (χ4n) is 1.61. The number of aliphatic hydroxyl groups excluding tert-OH is 1. The van der Waals surface area contributed by atoms with Gasteiger partial charge in [0.15, 0.2) is 0 Å². The quantitative estimate of drug-likeness (QED) is 0.452. The van der Waals surface area contributed by atoms with Gasteiger partial charge < -0.3 is 10.4 Å².